The van der Waals surface area contributed by atoms with Gasteiger partial charge >= 0.3 is 0 Å². The van der Waals surface area contributed by atoms with E-state index in [1.807, 2.05) is 30.3 Å². The number of hydrogen-bond acceptors (Lipinski definition) is 9. The summed E-state index contributed by atoms with van der Waals surface area (Å²) in [6.07, 6.45) is 23.3. The van der Waals surface area contributed by atoms with E-state index >= 15 is 0 Å². The van der Waals surface area contributed by atoms with Crippen LogP contribution in [0.5, 0.6) is 0 Å². The van der Waals surface area contributed by atoms with E-state index in [2.05, 4.69) is 82.7 Å². The molecule has 1 amide bonds. The summed E-state index contributed by atoms with van der Waals surface area (Å²) >= 11 is 0. The Kier molecular flexibility index (Phi) is 15.3. The average molecular weight is 1120 g/mol. The number of amides is 1. The summed E-state index contributed by atoms with van der Waals surface area (Å²) in [6, 6.07) is 17.1. The number of fused-ring (bicyclic) bond motifs is 12. The molecular formula is C72H100N4O6. The highest BCUT2D eigenvalue weighted by Gasteiger charge is 2.64. The Bertz CT molecular complexity index is 2900. The maximum Gasteiger partial charge on any atom is 0.251 e. The number of ether oxygens (including phenoxy) is 2. The molecule has 4 aliphatic heterocycles. The van der Waals surface area contributed by atoms with Gasteiger partial charge in [0.1, 0.15) is 0 Å². The van der Waals surface area contributed by atoms with Crippen molar-refractivity contribution in [1.29, 1.82) is 0 Å². The summed E-state index contributed by atoms with van der Waals surface area (Å²) in [7, 11) is 0. The first kappa shape index (κ1) is 57.3. The minimum Gasteiger partial charge on any atom is -0.393 e. The van der Waals surface area contributed by atoms with Gasteiger partial charge in [0, 0.05) is 79.9 Å². The number of aliphatic hydroxyl groups is 2. The van der Waals surface area contributed by atoms with Gasteiger partial charge in [-0.2, -0.15) is 0 Å². The first-order valence-electron chi connectivity index (χ1n) is 33.0. The molecule has 14 rings (SSSR count). The number of nitrogens with zero attached hydrogens (tertiary/aromatic N) is 2. The first-order chi connectivity index (χ1) is 39.4. The van der Waals surface area contributed by atoms with Crippen LogP contribution in [0.4, 0.5) is 0 Å². The van der Waals surface area contributed by atoms with E-state index in [9.17, 15) is 19.8 Å². The lowest BCUT2D eigenvalue weighted by atomic mass is 9.56. The van der Waals surface area contributed by atoms with Crippen LogP contribution in [0.15, 0.2) is 100 Å². The van der Waals surface area contributed by atoms with Crippen LogP contribution in [-0.4, -0.2) is 119 Å². The van der Waals surface area contributed by atoms with Crippen LogP contribution in [0, 0.1) is 70.0 Å². The topological polar surface area (TPSA) is 138 Å². The lowest BCUT2D eigenvalue weighted by molar-refractivity contribution is -0.0648. The minimum atomic E-state index is -0.195. The zero-order chi connectivity index (χ0) is 57.2. The average Bonchev–Trinajstić information content (AvgIpc) is 2.70. The Morgan fingerprint density at radius 1 is 0.622 bits per heavy atom. The Hall–Kier alpha value is -3.74. The molecule has 4 heterocycles. The van der Waals surface area contributed by atoms with Gasteiger partial charge < -0.3 is 30.7 Å². The highest BCUT2D eigenvalue weighted by molar-refractivity contribution is 6.09. The summed E-state index contributed by atoms with van der Waals surface area (Å²) in [5, 5.41) is 23.9. The number of allylic oxidation sites excluding steroid dienone is 4. The second-order valence-corrected chi connectivity index (χ2v) is 29.7. The van der Waals surface area contributed by atoms with Gasteiger partial charge in [-0.15, -0.1) is 0 Å². The van der Waals surface area contributed by atoms with Gasteiger partial charge in [0.2, 0.25) is 0 Å². The summed E-state index contributed by atoms with van der Waals surface area (Å²) in [5.41, 5.74) is 17.8. The fourth-order valence-electron chi connectivity index (χ4n) is 21.6. The lowest BCUT2D eigenvalue weighted by Crippen LogP contribution is -2.54. The van der Waals surface area contributed by atoms with Gasteiger partial charge in [-0.25, -0.2) is 0 Å². The van der Waals surface area contributed by atoms with E-state index in [1.54, 1.807) is 46.6 Å². The molecule has 10 nitrogen and oxygen atoms in total. The number of benzene rings is 2. The zero-order valence-electron chi connectivity index (χ0n) is 51.1. The molecule has 2 spiro atoms. The number of carbonyl (C=O) groups is 2. The van der Waals surface area contributed by atoms with Crippen LogP contribution in [0.2, 0.25) is 0 Å². The molecule has 444 valence electrons. The van der Waals surface area contributed by atoms with Gasteiger partial charge in [-0.3, -0.25) is 19.4 Å². The molecule has 8 fully saturated rings. The molecule has 12 aliphatic rings. The molecule has 2 aromatic rings. The number of hydrogen-bond donors (Lipinski definition) is 4. The van der Waals surface area contributed by atoms with Gasteiger partial charge in [-0.05, 0) is 198 Å². The Morgan fingerprint density at radius 3 is 1.57 bits per heavy atom. The predicted octanol–water partition coefficient (Wildman–Crippen LogP) is 12.0. The third-order valence-electron chi connectivity index (χ3n) is 25.7. The number of nitrogens with two attached hydrogens (primary N) is 1. The smallest absolute Gasteiger partial charge is 0.251 e. The summed E-state index contributed by atoms with van der Waals surface area (Å²) in [4.78, 5) is 31.2. The SMILES string of the molecule is CC1=C2C[C@H]3[C@@H](CC=C4C[C@@H](O)CC[C@@]43C)[C@@H]2CC[C@]12O[C@@H]1C[C@H](C)CN(CCN)[C@H]1[C@H]2C.CC1=C2C[C@H]3[C@@H](CC=C4C[C@@H](O)CC[C@@]43C)[C@@H]2CC[C@]12O[C@@H]1C[C@H](C)CN(CCNC(=O)c3ccc(C(=O)c4ccccc4)cc3)[C@H]1[C@H]2C. The summed E-state index contributed by atoms with van der Waals surface area (Å²) in [5.74, 6) is 6.39. The molecule has 4 saturated carbocycles. The molecule has 20 atom stereocenters. The van der Waals surface area contributed by atoms with Crippen LogP contribution in [0.25, 0.3) is 0 Å². The molecule has 8 aliphatic carbocycles. The van der Waals surface area contributed by atoms with Crippen molar-refractivity contribution in [1.82, 2.24) is 15.1 Å². The van der Waals surface area contributed by atoms with Crippen LogP contribution in [0.1, 0.15) is 184 Å². The lowest BCUT2D eigenvalue weighted by Gasteiger charge is -2.49. The van der Waals surface area contributed by atoms with E-state index in [1.165, 1.54) is 69.1 Å². The number of rotatable bonds is 8. The first-order valence-corrected chi connectivity index (χ1v) is 33.0. The van der Waals surface area contributed by atoms with Crippen molar-refractivity contribution in [2.24, 2.45) is 75.7 Å². The standard InChI is InChI=1S/C43H54N2O4.C29H46N2O2/c1-26-22-38-39(45(25-26)21-20-44-41(48)31-12-10-30(11-13-31)40(47)29-8-6-5-7-9-29)28(3)43(49-38)19-17-34-35-15-14-32-23-33(46)16-18-42(32,4)37(35)24-36(34)27(43)2;1-17-13-26-27(31(16-17)12-11-30)19(3)29(33-26)10-8-22-23-6-5-20-14-21(32)7-9-28(20,4)25(23)15-24(22)18(29)2/h5-14,26,28,33-35,37-39,46H,15-25H2,1-4H3,(H,44,48);5,17,19,21-23,25-27,32H,6-16,30H2,1-4H3/t26-,28+,33-,34-,35-,37-,38+,39-,42-,43-;17-,19+,21-,22-,23-,25-,26+,27-,28-,29-/m00/s1. The molecular weight excluding hydrogens is 1020 g/mol. The van der Waals surface area contributed by atoms with E-state index in [-0.39, 0.29) is 46.6 Å². The second-order valence-electron chi connectivity index (χ2n) is 29.7. The second kappa shape index (κ2) is 21.9. The van der Waals surface area contributed by atoms with Crippen molar-refractivity contribution >= 4 is 11.7 Å². The Balaban J connectivity index is 0.000000166. The van der Waals surface area contributed by atoms with Crippen LogP contribution in [0.3, 0.4) is 0 Å². The van der Waals surface area contributed by atoms with Crippen molar-refractivity contribution in [3.63, 3.8) is 0 Å². The maximum atomic E-state index is 13.2. The fraction of sp³-hybridized carbons (Fsp3) is 0.694. The molecule has 4 saturated heterocycles. The van der Waals surface area contributed by atoms with Crippen LogP contribution >= 0.6 is 0 Å². The summed E-state index contributed by atoms with van der Waals surface area (Å²) in [6.45, 7) is 24.9. The van der Waals surface area contributed by atoms with Gasteiger partial charge in [-0.1, -0.05) is 118 Å². The summed E-state index contributed by atoms with van der Waals surface area (Å²) < 4.78 is 14.5. The van der Waals surface area contributed by atoms with Crippen molar-refractivity contribution in [3.05, 3.63) is 117 Å². The molecule has 10 heteroatoms. The predicted molar refractivity (Wildman–Crippen MR) is 325 cm³/mol. The number of aliphatic hydroxyl groups excluding tert-OH is 2. The monoisotopic (exact) mass is 1120 g/mol. The highest BCUT2D eigenvalue weighted by Crippen LogP contribution is 2.67. The van der Waals surface area contributed by atoms with Crippen molar-refractivity contribution in [3.8, 4) is 0 Å². The molecule has 0 aromatic heterocycles. The van der Waals surface area contributed by atoms with Crippen molar-refractivity contribution in [2.45, 2.75) is 206 Å². The van der Waals surface area contributed by atoms with Crippen LogP contribution in [-0.2, 0) is 9.47 Å². The third-order valence-corrected chi connectivity index (χ3v) is 25.7. The molecule has 0 unspecified atom stereocenters. The Morgan fingerprint density at radius 2 is 1.09 bits per heavy atom. The number of piperidine rings is 2. The number of ketones is 1. The van der Waals surface area contributed by atoms with Gasteiger partial charge in [0.15, 0.2) is 5.78 Å². The van der Waals surface area contributed by atoms with E-state index < -0.39 is 0 Å². The van der Waals surface area contributed by atoms with Gasteiger partial charge in [0.25, 0.3) is 5.91 Å². The number of likely N-dealkylation sites (tertiary alicyclic amines) is 2. The highest BCUT2D eigenvalue weighted by atomic mass is 16.5. The van der Waals surface area contributed by atoms with Crippen molar-refractivity contribution in [2.75, 3.05) is 39.3 Å². The Labute approximate surface area is 491 Å². The minimum absolute atomic E-state index is 0.0388. The fourth-order valence-corrected chi connectivity index (χ4v) is 21.6. The van der Waals surface area contributed by atoms with E-state index in [0.29, 0.717) is 82.3 Å². The normalized spacial score (nSPS) is 43.7. The number of carbonyl (C=O) groups excluding carboxylic acids is 2. The molecule has 0 radical (unpaired) electrons. The maximum absolute atomic E-state index is 13.2. The van der Waals surface area contributed by atoms with Gasteiger partial charge in [0.05, 0.1) is 35.6 Å². The zero-order valence-corrected chi connectivity index (χ0v) is 51.1. The van der Waals surface area contributed by atoms with E-state index in [4.69, 9.17) is 15.2 Å². The molecule has 82 heavy (non-hydrogen) atoms. The quantitative estimate of drug-likeness (QED) is 0.150. The molecule has 5 N–H and O–H groups in total. The van der Waals surface area contributed by atoms with Crippen LogP contribution < -0.4 is 11.1 Å². The molecule has 0 bridgehead atoms. The third kappa shape index (κ3) is 9.32. The van der Waals surface area contributed by atoms with E-state index in [0.717, 1.165) is 101 Å². The largest absolute Gasteiger partial charge is 0.393 e. The number of nitrogens with one attached hydrogen (secondary N) is 1. The van der Waals surface area contributed by atoms with Crippen molar-refractivity contribution < 1.29 is 29.3 Å². The molecule has 2 aromatic carbocycles.